The van der Waals surface area contributed by atoms with Crippen LogP contribution >= 0.6 is 0 Å². The Morgan fingerprint density at radius 2 is 2.21 bits per heavy atom. The van der Waals surface area contributed by atoms with E-state index in [0.717, 1.165) is 17.3 Å². The Kier molecular flexibility index (Phi) is 3.49. The van der Waals surface area contributed by atoms with E-state index < -0.39 is 0 Å². The number of anilines is 1. The second-order valence-electron chi connectivity index (χ2n) is 5.29. The molecule has 2 atom stereocenters. The number of aromatic nitrogens is 3. The average molecular weight is 256 g/mol. The molecule has 1 saturated carbocycles. The first kappa shape index (κ1) is 12.2. The van der Waals surface area contributed by atoms with Gasteiger partial charge in [-0.05, 0) is 37.3 Å². The Bertz CT molecular complexity index is 521. The monoisotopic (exact) mass is 256 g/mol. The molecule has 3 rings (SSSR count). The van der Waals surface area contributed by atoms with Gasteiger partial charge in [-0.1, -0.05) is 25.5 Å². The van der Waals surface area contributed by atoms with Crippen molar-refractivity contribution in [2.45, 2.75) is 38.6 Å². The molecular weight excluding hydrogens is 236 g/mol. The first-order chi connectivity index (χ1) is 9.36. The number of nitrogens with zero attached hydrogens (tertiary/aromatic N) is 3. The minimum Gasteiger partial charge on any atom is -0.381 e. The molecule has 0 saturated heterocycles. The summed E-state index contributed by atoms with van der Waals surface area (Å²) in [6.45, 7) is 2.29. The van der Waals surface area contributed by atoms with Gasteiger partial charge in [-0.15, -0.1) is 0 Å². The number of nitrogens with one attached hydrogen (secondary N) is 1. The van der Waals surface area contributed by atoms with Gasteiger partial charge in [0.25, 0.3) is 0 Å². The Balaban J connectivity index is 1.78. The SMILES string of the molecule is CCC1CCC(Nc2ccccc2-n2cncn2)C1. The van der Waals surface area contributed by atoms with Gasteiger partial charge in [0, 0.05) is 6.04 Å². The lowest BCUT2D eigenvalue weighted by atomic mass is 10.1. The molecule has 100 valence electrons. The van der Waals surface area contributed by atoms with Crippen molar-refractivity contribution in [1.29, 1.82) is 0 Å². The zero-order chi connectivity index (χ0) is 13.1. The topological polar surface area (TPSA) is 42.7 Å². The predicted molar refractivity (Wildman–Crippen MR) is 76.4 cm³/mol. The molecule has 0 aliphatic heterocycles. The lowest BCUT2D eigenvalue weighted by Crippen LogP contribution is -2.17. The number of para-hydroxylation sites is 2. The van der Waals surface area contributed by atoms with E-state index >= 15 is 0 Å². The molecule has 0 bridgehead atoms. The minimum absolute atomic E-state index is 0.592. The molecule has 1 aliphatic carbocycles. The van der Waals surface area contributed by atoms with Gasteiger partial charge in [-0.3, -0.25) is 0 Å². The lowest BCUT2D eigenvalue weighted by Gasteiger charge is -2.17. The minimum atomic E-state index is 0.592. The fraction of sp³-hybridized carbons (Fsp3) is 0.467. The van der Waals surface area contributed by atoms with Crippen LogP contribution in [0.1, 0.15) is 32.6 Å². The Labute approximate surface area is 113 Å². The molecular formula is C15H20N4. The summed E-state index contributed by atoms with van der Waals surface area (Å²) in [5, 5.41) is 7.89. The number of rotatable bonds is 4. The third-order valence-corrected chi connectivity index (χ3v) is 4.05. The van der Waals surface area contributed by atoms with Crippen LogP contribution in [0.15, 0.2) is 36.9 Å². The van der Waals surface area contributed by atoms with Gasteiger partial charge in [0.05, 0.1) is 11.4 Å². The summed E-state index contributed by atoms with van der Waals surface area (Å²) >= 11 is 0. The fourth-order valence-electron chi connectivity index (χ4n) is 2.92. The summed E-state index contributed by atoms with van der Waals surface area (Å²) in [5.41, 5.74) is 2.22. The van der Waals surface area contributed by atoms with E-state index in [1.807, 2.05) is 10.7 Å². The molecule has 2 unspecified atom stereocenters. The van der Waals surface area contributed by atoms with E-state index in [-0.39, 0.29) is 0 Å². The molecule has 0 amide bonds. The maximum absolute atomic E-state index is 4.22. The van der Waals surface area contributed by atoms with Crippen molar-refractivity contribution < 1.29 is 0 Å². The molecule has 1 aromatic carbocycles. The Morgan fingerprint density at radius 1 is 1.32 bits per heavy atom. The van der Waals surface area contributed by atoms with Crippen molar-refractivity contribution in [3.8, 4) is 5.69 Å². The second-order valence-corrected chi connectivity index (χ2v) is 5.29. The molecule has 4 heteroatoms. The highest BCUT2D eigenvalue weighted by molar-refractivity contribution is 5.60. The summed E-state index contributed by atoms with van der Waals surface area (Å²) in [7, 11) is 0. The third kappa shape index (κ3) is 2.62. The van der Waals surface area contributed by atoms with Crippen LogP contribution in [0.3, 0.4) is 0 Å². The summed E-state index contributed by atoms with van der Waals surface area (Å²) in [6.07, 6.45) is 8.50. The molecule has 2 aromatic rings. The van der Waals surface area contributed by atoms with Crippen molar-refractivity contribution in [2.75, 3.05) is 5.32 Å². The number of hydrogen-bond acceptors (Lipinski definition) is 3. The van der Waals surface area contributed by atoms with E-state index in [1.165, 1.54) is 25.7 Å². The molecule has 0 spiro atoms. The van der Waals surface area contributed by atoms with Crippen LogP contribution < -0.4 is 5.32 Å². The Morgan fingerprint density at radius 3 is 2.95 bits per heavy atom. The summed E-state index contributed by atoms with van der Waals surface area (Å²) in [4.78, 5) is 4.02. The average Bonchev–Trinajstić information content (AvgIpc) is 3.10. The van der Waals surface area contributed by atoms with Crippen molar-refractivity contribution in [2.24, 2.45) is 5.92 Å². The van der Waals surface area contributed by atoms with Crippen molar-refractivity contribution in [1.82, 2.24) is 14.8 Å². The molecule has 1 heterocycles. The van der Waals surface area contributed by atoms with Crippen molar-refractivity contribution >= 4 is 5.69 Å². The lowest BCUT2D eigenvalue weighted by molar-refractivity contribution is 0.525. The highest BCUT2D eigenvalue weighted by Crippen LogP contribution is 2.31. The van der Waals surface area contributed by atoms with Gasteiger partial charge in [0.15, 0.2) is 0 Å². The standard InChI is InChI=1S/C15H20N4/c1-2-12-7-8-13(9-12)18-14-5-3-4-6-15(14)19-11-16-10-17-19/h3-6,10-13,18H,2,7-9H2,1H3. The van der Waals surface area contributed by atoms with Crippen LogP contribution in [0.5, 0.6) is 0 Å². The van der Waals surface area contributed by atoms with Crippen LogP contribution in [-0.4, -0.2) is 20.8 Å². The Hall–Kier alpha value is -1.84. The van der Waals surface area contributed by atoms with E-state index in [1.54, 1.807) is 12.7 Å². The largest absolute Gasteiger partial charge is 0.381 e. The second kappa shape index (κ2) is 5.43. The quantitative estimate of drug-likeness (QED) is 0.913. The third-order valence-electron chi connectivity index (χ3n) is 4.05. The molecule has 0 radical (unpaired) electrons. The van der Waals surface area contributed by atoms with E-state index in [4.69, 9.17) is 0 Å². The first-order valence-corrected chi connectivity index (χ1v) is 7.07. The van der Waals surface area contributed by atoms with Gasteiger partial charge >= 0.3 is 0 Å². The van der Waals surface area contributed by atoms with Crippen LogP contribution in [-0.2, 0) is 0 Å². The maximum atomic E-state index is 4.22. The number of benzene rings is 1. The fourth-order valence-corrected chi connectivity index (χ4v) is 2.92. The molecule has 1 aromatic heterocycles. The number of hydrogen-bond donors (Lipinski definition) is 1. The van der Waals surface area contributed by atoms with Gasteiger partial charge in [-0.2, -0.15) is 5.10 Å². The highest BCUT2D eigenvalue weighted by Gasteiger charge is 2.23. The van der Waals surface area contributed by atoms with Crippen LogP contribution in [0.2, 0.25) is 0 Å². The van der Waals surface area contributed by atoms with Crippen LogP contribution in [0, 0.1) is 5.92 Å². The molecule has 19 heavy (non-hydrogen) atoms. The van der Waals surface area contributed by atoms with Gasteiger partial charge < -0.3 is 5.32 Å². The van der Waals surface area contributed by atoms with E-state index in [2.05, 4.69) is 40.5 Å². The summed E-state index contributed by atoms with van der Waals surface area (Å²) < 4.78 is 1.81. The molecule has 1 aliphatic rings. The summed E-state index contributed by atoms with van der Waals surface area (Å²) in [5.74, 6) is 0.885. The van der Waals surface area contributed by atoms with Gasteiger partial charge in [-0.25, -0.2) is 9.67 Å². The first-order valence-electron chi connectivity index (χ1n) is 7.07. The van der Waals surface area contributed by atoms with Crippen molar-refractivity contribution in [3.63, 3.8) is 0 Å². The van der Waals surface area contributed by atoms with Crippen LogP contribution in [0.4, 0.5) is 5.69 Å². The van der Waals surface area contributed by atoms with Gasteiger partial charge in [0.2, 0.25) is 0 Å². The zero-order valence-electron chi connectivity index (χ0n) is 11.3. The maximum Gasteiger partial charge on any atom is 0.138 e. The molecule has 4 nitrogen and oxygen atoms in total. The van der Waals surface area contributed by atoms with Gasteiger partial charge in [0.1, 0.15) is 12.7 Å². The normalized spacial score (nSPS) is 22.6. The van der Waals surface area contributed by atoms with E-state index in [9.17, 15) is 0 Å². The smallest absolute Gasteiger partial charge is 0.138 e. The predicted octanol–water partition coefficient (Wildman–Crippen LogP) is 3.26. The van der Waals surface area contributed by atoms with Crippen LogP contribution in [0.25, 0.3) is 5.69 Å². The molecule has 1 fully saturated rings. The molecule has 1 N–H and O–H groups in total. The summed E-state index contributed by atoms with van der Waals surface area (Å²) in [6, 6.07) is 8.88. The highest BCUT2D eigenvalue weighted by atomic mass is 15.3. The van der Waals surface area contributed by atoms with Crippen molar-refractivity contribution in [3.05, 3.63) is 36.9 Å². The zero-order valence-corrected chi connectivity index (χ0v) is 11.3. The van der Waals surface area contributed by atoms with E-state index in [0.29, 0.717) is 6.04 Å².